The molecule has 3 aliphatic carbocycles. The summed E-state index contributed by atoms with van der Waals surface area (Å²) in [5.41, 5.74) is -11.6. The summed E-state index contributed by atoms with van der Waals surface area (Å²) in [6.07, 6.45) is 0. The van der Waals surface area contributed by atoms with Gasteiger partial charge in [0.2, 0.25) is 10.8 Å². The Morgan fingerprint density at radius 1 is 0.250 bits per heavy atom. The van der Waals surface area contributed by atoms with E-state index in [2.05, 4.69) is 0 Å². The maximum Gasteiger partial charge on any atom is 0.330 e. The van der Waals surface area contributed by atoms with Crippen LogP contribution in [-0.2, 0) is 0 Å². The molecule has 0 aromatic carbocycles. The Labute approximate surface area is 100 Å². The second-order valence-corrected chi connectivity index (χ2v) is 4.95. The first-order chi connectivity index (χ1) is 8.50. The third kappa shape index (κ3) is 0.564. The minimum atomic E-state index is -6.39. The molecule has 0 radical (unpaired) electrons. The quantitative estimate of drug-likeness (QED) is 0.595. The highest BCUT2D eigenvalue weighted by atomic mass is 19.4. The number of hydrogen-bond acceptors (Lipinski definition) is 0. The minimum absolute atomic E-state index is 5.78. The molecule has 0 atom stereocenters. The molecule has 0 aliphatic heterocycles. The van der Waals surface area contributed by atoms with Gasteiger partial charge >= 0.3 is 35.5 Å². The van der Waals surface area contributed by atoms with Crippen LogP contribution in [0.5, 0.6) is 0 Å². The summed E-state index contributed by atoms with van der Waals surface area (Å²) in [5, 5.41) is 0. The van der Waals surface area contributed by atoms with Crippen LogP contribution in [0.2, 0.25) is 0 Å². The van der Waals surface area contributed by atoms with Crippen LogP contribution >= 0.6 is 0 Å². The van der Waals surface area contributed by atoms with Crippen molar-refractivity contribution in [3.05, 3.63) is 0 Å². The summed E-state index contributed by atoms with van der Waals surface area (Å²) < 4.78 is 156. The summed E-state index contributed by atoms with van der Waals surface area (Å²) in [7, 11) is 0. The molecule has 0 nitrogen and oxygen atoms in total. The molecular formula is C8F12. The van der Waals surface area contributed by atoms with Gasteiger partial charge in [0.15, 0.2) is 0 Å². The predicted octanol–water partition coefficient (Wildman–Crippen LogP) is 3.81. The Morgan fingerprint density at radius 2 is 0.350 bits per heavy atom. The highest BCUT2D eigenvalue weighted by Gasteiger charge is 3.33. The van der Waals surface area contributed by atoms with Gasteiger partial charge in [-0.2, -0.15) is 52.7 Å². The number of hydrogen-bond donors (Lipinski definition) is 0. The number of alkyl halides is 12. The van der Waals surface area contributed by atoms with E-state index in [4.69, 9.17) is 0 Å². The summed E-state index contributed by atoms with van der Waals surface area (Å²) in [5.74, 6) is -38.4. The van der Waals surface area contributed by atoms with Gasteiger partial charge in [-0.15, -0.1) is 0 Å². The standard InChI is InChI=1S/C8F12/c9-3(10)1-2(6(3,15)16,7(17,18)4(1,11)12)8(19,20)5(1,13)14. The van der Waals surface area contributed by atoms with Crippen LogP contribution < -0.4 is 0 Å². The van der Waals surface area contributed by atoms with Gasteiger partial charge in [-0.05, 0) is 0 Å². The first-order valence-electron chi connectivity index (χ1n) is 4.77. The topological polar surface area (TPSA) is 0 Å². The molecule has 3 saturated carbocycles. The van der Waals surface area contributed by atoms with Crippen LogP contribution in [0.4, 0.5) is 52.7 Å². The Morgan fingerprint density at radius 3 is 0.450 bits per heavy atom. The summed E-state index contributed by atoms with van der Waals surface area (Å²) in [6.45, 7) is 0. The van der Waals surface area contributed by atoms with Crippen molar-refractivity contribution in [2.45, 2.75) is 35.5 Å². The lowest BCUT2D eigenvalue weighted by Gasteiger charge is -2.87. The van der Waals surface area contributed by atoms with Crippen LogP contribution in [0.25, 0.3) is 0 Å². The third-order valence-electron chi connectivity index (χ3n) is 4.57. The molecule has 116 valence electrons. The average molecular weight is 324 g/mol. The smallest absolute Gasteiger partial charge is 0.199 e. The molecule has 3 fully saturated rings. The van der Waals surface area contributed by atoms with Gasteiger partial charge in [-0.1, -0.05) is 0 Å². The number of rotatable bonds is 0. The Balaban J connectivity index is 2.41. The van der Waals surface area contributed by atoms with Gasteiger partial charge in [0.25, 0.3) is 0 Å². The zero-order valence-electron chi connectivity index (χ0n) is 8.54. The van der Waals surface area contributed by atoms with Crippen molar-refractivity contribution in [1.29, 1.82) is 0 Å². The van der Waals surface area contributed by atoms with Gasteiger partial charge in [0, 0.05) is 0 Å². The van der Waals surface area contributed by atoms with E-state index in [0.717, 1.165) is 0 Å². The molecule has 0 unspecified atom stereocenters. The lowest BCUT2D eigenvalue weighted by atomic mass is 9.18. The van der Waals surface area contributed by atoms with Crippen molar-refractivity contribution in [3.63, 3.8) is 0 Å². The van der Waals surface area contributed by atoms with Crippen molar-refractivity contribution in [3.8, 4) is 0 Å². The monoisotopic (exact) mass is 324 g/mol. The van der Waals surface area contributed by atoms with Crippen LogP contribution in [0.15, 0.2) is 0 Å². The normalized spacial score (nSPS) is 49.8. The second-order valence-electron chi connectivity index (χ2n) is 4.95. The SMILES string of the molecule is FC1(F)C(F)(F)C23C(F)(F)C(F)(F)C12C(F)(F)C3(F)F. The molecular weight excluding hydrogens is 324 g/mol. The van der Waals surface area contributed by atoms with Crippen LogP contribution in [0.3, 0.4) is 0 Å². The summed E-state index contributed by atoms with van der Waals surface area (Å²) in [4.78, 5) is 0. The zero-order chi connectivity index (χ0) is 16.0. The van der Waals surface area contributed by atoms with Gasteiger partial charge in [0.1, 0.15) is 0 Å². The van der Waals surface area contributed by atoms with Crippen molar-refractivity contribution >= 4 is 0 Å². The van der Waals surface area contributed by atoms with E-state index < -0.39 is 46.4 Å². The van der Waals surface area contributed by atoms with E-state index in [0.29, 0.717) is 0 Å². The van der Waals surface area contributed by atoms with Gasteiger partial charge in [-0.3, -0.25) is 0 Å². The van der Waals surface area contributed by atoms with Crippen LogP contribution in [0, 0.1) is 10.8 Å². The molecule has 3 rings (SSSR count). The minimum Gasteiger partial charge on any atom is -0.199 e. The molecule has 0 aromatic rings. The van der Waals surface area contributed by atoms with Crippen LogP contribution in [0.1, 0.15) is 0 Å². The van der Waals surface area contributed by atoms with Crippen LogP contribution in [-0.4, -0.2) is 35.5 Å². The van der Waals surface area contributed by atoms with Crippen molar-refractivity contribution in [2.24, 2.45) is 10.8 Å². The fourth-order valence-electron chi connectivity index (χ4n) is 3.82. The fraction of sp³-hybridized carbons (Fsp3) is 1.00. The molecule has 3 aliphatic rings. The van der Waals surface area contributed by atoms with Gasteiger partial charge in [0.05, 0.1) is 0 Å². The lowest BCUT2D eigenvalue weighted by Crippen LogP contribution is -3.15. The Kier molecular flexibility index (Phi) is 1.70. The highest BCUT2D eigenvalue weighted by molar-refractivity contribution is 5.59. The third-order valence-corrected chi connectivity index (χ3v) is 4.57. The molecule has 0 N–H and O–H groups in total. The average Bonchev–Trinajstić information content (AvgIpc) is 2.20. The van der Waals surface area contributed by atoms with E-state index in [1.807, 2.05) is 0 Å². The van der Waals surface area contributed by atoms with E-state index in [1.165, 1.54) is 0 Å². The predicted molar refractivity (Wildman–Crippen MR) is 34.5 cm³/mol. The van der Waals surface area contributed by atoms with E-state index in [-0.39, 0.29) is 0 Å². The largest absolute Gasteiger partial charge is 0.330 e. The van der Waals surface area contributed by atoms with Crippen molar-refractivity contribution in [2.75, 3.05) is 0 Å². The molecule has 0 heterocycles. The van der Waals surface area contributed by atoms with Gasteiger partial charge in [-0.25, -0.2) is 0 Å². The fourth-order valence-corrected chi connectivity index (χ4v) is 3.82. The molecule has 0 saturated heterocycles. The molecule has 20 heavy (non-hydrogen) atoms. The van der Waals surface area contributed by atoms with Crippen molar-refractivity contribution < 1.29 is 52.7 Å². The highest BCUT2D eigenvalue weighted by Crippen LogP contribution is 3.05. The Bertz CT molecular complexity index is 407. The second kappa shape index (κ2) is 2.40. The van der Waals surface area contributed by atoms with E-state index >= 15 is 0 Å². The molecule has 0 aromatic heterocycles. The first-order valence-corrected chi connectivity index (χ1v) is 4.77. The summed E-state index contributed by atoms with van der Waals surface area (Å²) >= 11 is 0. The molecule has 0 spiro atoms. The Hall–Kier alpha value is -0.840. The lowest BCUT2D eigenvalue weighted by molar-refractivity contribution is -0.734. The number of halogens is 12. The maximum absolute atomic E-state index is 13.0. The van der Waals surface area contributed by atoms with E-state index in [1.54, 1.807) is 0 Å². The van der Waals surface area contributed by atoms with Gasteiger partial charge < -0.3 is 0 Å². The first kappa shape index (κ1) is 14.1. The molecule has 0 bridgehead atoms. The van der Waals surface area contributed by atoms with Crippen molar-refractivity contribution in [1.82, 2.24) is 0 Å². The molecule has 0 amide bonds. The van der Waals surface area contributed by atoms with E-state index in [9.17, 15) is 52.7 Å². The maximum atomic E-state index is 13.0. The molecule has 12 heteroatoms. The summed E-state index contributed by atoms with van der Waals surface area (Å²) in [6, 6.07) is 0. The zero-order valence-corrected chi connectivity index (χ0v) is 8.54.